The number of carboxylic acid groups (broad SMARTS) is 1. The van der Waals surface area contributed by atoms with Crippen LogP contribution in [-0.4, -0.2) is 33.2 Å². The maximum absolute atomic E-state index is 13.5. The Morgan fingerprint density at radius 1 is 1.28 bits per heavy atom. The van der Waals surface area contributed by atoms with Crippen molar-refractivity contribution in [3.05, 3.63) is 50.6 Å². The molecule has 0 saturated heterocycles. The lowest BCUT2D eigenvalue weighted by atomic mass is 10.0. The Morgan fingerprint density at radius 3 is 2.55 bits per heavy atom. The number of carbonyl (C=O) groups excluding carboxylic acids is 1. The molecule has 7 nitrogen and oxygen atoms in total. The standard InChI is InChI=1S/C21H22N2O5S/c1-6-28-20(27)21(4,5)23-16(13-9-7-8-11(2)10-13)22-17-14(18(23)24)12(3)15(29-17)19(25)26/h7-10H,6H2,1-5H3,(H,25,26). The van der Waals surface area contributed by atoms with E-state index in [0.29, 0.717) is 21.8 Å². The number of hydrogen-bond donors (Lipinski definition) is 1. The Balaban J connectivity index is 2.46. The first kappa shape index (κ1) is 20.7. The van der Waals surface area contributed by atoms with Crippen LogP contribution in [0.2, 0.25) is 0 Å². The summed E-state index contributed by atoms with van der Waals surface area (Å²) in [4.78, 5) is 42.8. The molecule has 0 aliphatic heterocycles. The predicted octanol–water partition coefficient (Wildman–Crippen LogP) is 3.74. The fourth-order valence-corrected chi connectivity index (χ4v) is 4.29. The average molecular weight is 414 g/mol. The van der Waals surface area contributed by atoms with Gasteiger partial charge >= 0.3 is 11.9 Å². The van der Waals surface area contributed by atoms with Crippen molar-refractivity contribution in [2.75, 3.05) is 6.61 Å². The number of nitrogens with zero attached hydrogens (tertiary/aromatic N) is 2. The smallest absolute Gasteiger partial charge is 0.346 e. The molecule has 2 aromatic heterocycles. The first-order chi connectivity index (χ1) is 13.6. The van der Waals surface area contributed by atoms with Crippen LogP contribution in [0, 0.1) is 13.8 Å². The lowest BCUT2D eigenvalue weighted by Crippen LogP contribution is -2.45. The predicted molar refractivity (Wildman–Crippen MR) is 112 cm³/mol. The molecular formula is C21H22N2O5S. The number of aromatic carboxylic acids is 1. The first-order valence-corrected chi connectivity index (χ1v) is 9.95. The summed E-state index contributed by atoms with van der Waals surface area (Å²) in [5.41, 5.74) is 0.158. The zero-order chi connectivity index (χ0) is 21.5. The lowest BCUT2D eigenvalue weighted by Gasteiger charge is -2.27. The average Bonchev–Trinajstić information content (AvgIpc) is 2.98. The molecule has 0 aliphatic rings. The van der Waals surface area contributed by atoms with E-state index in [1.54, 1.807) is 33.8 Å². The number of thiophene rings is 1. The van der Waals surface area contributed by atoms with E-state index in [2.05, 4.69) is 4.98 Å². The third-order valence-corrected chi connectivity index (χ3v) is 5.94. The summed E-state index contributed by atoms with van der Waals surface area (Å²) in [5.74, 6) is -1.39. The number of rotatable bonds is 5. The minimum Gasteiger partial charge on any atom is -0.477 e. The van der Waals surface area contributed by atoms with Gasteiger partial charge in [0.05, 0.1) is 12.0 Å². The molecule has 0 saturated carbocycles. The molecule has 2 heterocycles. The summed E-state index contributed by atoms with van der Waals surface area (Å²) in [6.07, 6.45) is 0. The van der Waals surface area contributed by atoms with Gasteiger partial charge in [0, 0.05) is 5.56 Å². The number of fused-ring (bicyclic) bond motifs is 1. The highest BCUT2D eigenvalue weighted by atomic mass is 32.1. The second-order valence-corrected chi connectivity index (χ2v) is 8.27. The second-order valence-electron chi connectivity index (χ2n) is 7.27. The summed E-state index contributed by atoms with van der Waals surface area (Å²) >= 11 is 0.957. The maximum Gasteiger partial charge on any atom is 0.346 e. The van der Waals surface area contributed by atoms with Crippen LogP contribution in [0.3, 0.4) is 0 Å². The number of hydrogen-bond acceptors (Lipinski definition) is 6. The monoisotopic (exact) mass is 414 g/mol. The molecule has 0 radical (unpaired) electrons. The molecule has 0 spiro atoms. The molecular weight excluding hydrogens is 392 g/mol. The first-order valence-electron chi connectivity index (χ1n) is 9.13. The van der Waals surface area contributed by atoms with Gasteiger partial charge in [0.1, 0.15) is 21.1 Å². The highest BCUT2D eigenvalue weighted by molar-refractivity contribution is 7.20. The van der Waals surface area contributed by atoms with Crippen LogP contribution in [0.4, 0.5) is 0 Å². The zero-order valence-electron chi connectivity index (χ0n) is 16.9. The van der Waals surface area contributed by atoms with Gasteiger partial charge in [0.15, 0.2) is 0 Å². The molecule has 152 valence electrons. The molecule has 3 aromatic rings. The molecule has 0 aliphatic carbocycles. The quantitative estimate of drug-likeness (QED) is 0.639. The van der Waals surface area contributed by atoms with Crippen molar-refractivity contribution in [3.63, 3.8) is 0 Å². The van der Waals surface area contributed by atoms with Crippen LogP contribution in [0.1, 0.15) is 41.6 Å². The number of ether oxygens (including phenoxy) is 1. The van der Waals surface area contributed by atoms with Crippen molar-refractivity contribution >= 4 is 33.5 Å². The zero-order valence-corrected chi connectivity index (χ0v) is 17.7. The number of benzene rings is 1. The molecule has 1 aromatic carbocycles. The Labute approximate surface area is 171 Å². The lowest BCUT2D eigenvalue weighted by molar-refractivity contribution is -0.152. The van der Waals surface area contributed by atoms with Crippen molar-refractivity contribution in [1.29, 1.82) is 0 Å². The summed E-state index contributed by atoms with van der Waals surface area (Å²) in [7, 11) is 0. The number of carboxylic acids is 1. The van der Waals surface area contributed by atoms with Gasteiger partial charge in [-0.05, 0) is 46.2 Å². The number of carbonyl (C=O) groups is 2. The molecule has 3 rings (SSSR count). The SMILES string of the molecule is CCOC(=O)C(C)(C)n1c(-c2cccc(C)c2)nc2sc(C(=O)O)c(C)c2c1=O. The van der Waals surface area contributed by atoms with Crippen LogP contribution < -0.4 is 5.56 Å². The number of aromatic nitrogens is 2. The van der Waals surface area contributed by atoms with Gasteiger partial charge in [0.25, 0.3) is 5.56 Å². The van der Waals surface area contributed by atoms with Crippen molar-refractivity contribution in [2.24, 2.45) is 0 Å². The van der Waals surface area contributed by atoms with Gasteiger partial charge in [-0.25, -0.2) is 14.6 Å². The van der Waals surface area contributed by atoms with E-state index in [0.717, 1.165) is 16.9 Å². The van der Waals surface area contributed by atoms with Crippen LogP contribution >= 0.6 is 11.3 Å². The van der Waals surface area contributed by atoms with Crippen LogP contribution in [-0.2, 0) is 15.1 Å². The van der Waals surface area contributed by atoms with E-state index >= 15 is 0 Å². The van der Waals surface area contributed by atoms with Crippen LogP contribution in [0.5, 0.6) is 0 Å². The Kier molecular flexibility index (Phi) is 5.32. The van der Waals surface area contributed by atoms with Crippen molar-refractivity contribution in [1.82, 2.24) is 9.55 Å². The Hall–Kier alpha value is -3.00. The maximum atomic E-state index is 13.5. The molecule has 0 amide bonds. The van der Waals surface area contributed by atoms with E-state index in [4.69, 9.17) is 4.74 Å². The number of aryl methyl sites for hydroxylation is 2. The van der Waals surface area contributed by atoms with E-state index in [1.807, 2.05) is 25.1 Å². The summed E-state index contributed by atoms with van der Waals surface area (Å²) in [6, 6.07) is 7.42. The van der Waals surface area contributed by atoms with Crippen LogP contribution in [0.25, 0.3) is 21.6 Å². The van der Waals surface area contributed by atoms with E-state index in [9.17, 15) is 19.5 Å². The molecule has 29 heavy (non-hydrogen) atoms. The largest absolute Gasteiger partial charge is 0.477 e. The molecule has 0 atom stereocenters. The third kappa shape index (κ3) is 3.44. The van der Waals surface area contributed by atoms with Crippen molar-refractivity contribution in [2.45, 2.75) is 40.2 Å². The molecule has 8 heteroatoms. The fraction of sp³-hybridized carbons (Fsp3) is 0.333. The van der Waals surface area contributed by atoms with Gasteiger partial charge in [-0.3, -0.25) is 9.36 Å². The fourth-order valence-electron chi connectivity index (χ4n) is 3.28. The molecule has 0 unspecified atom stereocenters. The molecule has 1 N–H and O–H groups in total. The topological polar surface area (TPSA) is 98.5 Å². The third-order valence-electron chi connectivity index (χ3n) is 4.77. The Morgan fingerprint density at radius 2 is 1.97 bits per heavy atom. The van der Waals surface area contributed by atoms with Gasteiger partial charge in [-0.2, -0.15) is 0 Å². The number of esters is 1. The summed E-state index contributed by atoms with van der Waals surface area (Å²) in [5, 5.41) is 9.68. The highest BCUT2D eigenvalue weighted by Crippen LogP contribution is 2.32. The van der Waals surface area contributed by atoms with E-state index in [-0.39, 0.29) is 16.9 Å². The van der Waals surface area contributed by atoms with Crippen molar-refractivity contribution < 1.29 is 19.4 Å². The van der Waals surface area contributed by atoms with Crippen molar-refractivity contribution in [3.8, 4) is 11.4 Å². The minimum atomic E-state index is -1.34. The van der Waals surface area contributed by atoms with Crippen LogP contribution in [0.15, 0.2) is 29.1 Å². The highest BCUT2D eigenvalue weighted by Gasteiger charge is 2.36. The normalized spacial score (nSPS) is 11.6. The second kappa shape index (κ2) is 7.44. The minimum absolute atomic E-state index is 0.0616. The molecule has 0 bridgehead atoms. The van der Waals surface area contributed by atoms with E-state index < -0.39 is 23.0 Å². The van der Waals surface area contributed by atoms with Gasteiger partial charge in [-0.1, -0.05) is 23.8 Å². The van der Waals surface area contributed by atoms with E-state index in [1.165, 1.54) is 4.57 Å². The summed E-state index contributed by atoms with van der Waals surface area (Å²) in [6.45, 7) is 8.56. The van der Waals surface area contributed by atoms with Gasteiger partial charge < -0.3 is 9.84 Å². The molecule has 0 fully saturated rings. The van der Waals surface area contributed by atoms with Gasteiger partial charge in [-0.15, -0.1) is 11.3 Å². The summed E-state index contributed by atoms with van der Waals surface area (Å²) < 4.78 is 6.51. The van der Waals surface area contributed by atoms with Gasteiger partial charge in [0.2, 0.25) is 0 Å². The Bertz CT molecular complexity index is 1190.